The maximum atomic E-state index is 12.2. The fourth-order valence-electron chi connectivity index (χ4n) is 3.22. The van der Waals surface area contributed by atoms with E-state index in [1.54, 1.807) is 0 Å². The average molecular weight is 362 g/mol. The molecule has 2 amide bonds. The number of rotatable bonds is 3. The van der Waals surface area contributed by atoms with Crippen molar-refractivity contribution in [1.29, 1.82) is 0 Å². The van der Waals surface area contributed by atoms with Crippen molar-refractivity contribution in [2.45, 2.75) is 6.92 Å². The van der Waals surface area contributed by atoms with Crippen LogP contribution >= 0.6 is 0 Å². The zero-order chi connectivity index (χ0) is 18.6. The van der Waals surface area contributed by atoms with Crippen LogP contribution in [0.15, 0.2) is 54.6 Å². The molecule has 0 bridgehead atoms. The second-order valence-electron chi connectivity index (χ2n) is 6.57. The topological polar surface area (TPSA) is 66.5 Å². The highest BCUT2D eigenvalue weighted by Crippen LogP contribution is 2.26. The second-order valence-corrected chi connectivity index (χ2v) is 6.57. The molecule has 6 nitrogen and oxygen atoms in total. The highest BCUT2D eigenvalue weighted by molar-refractivity contribution is 6.01. The number of carbonyl (C=O) groups is 1. The normalized spacial score (nSPS) is 14.2. The lowest BCUT2D eigenvalue weighted by atomic mass is 10.1. The Hall–Kier alpha value is -3.12. The first-order chi connectivity index (χ1) is 13.2. The molecular weight excluding hydrogens is 340 g/mol. The fraction of sp³-hybridized carbons (Fsp3) is 0.238. The molecule has 0 saturated carbocycles. The number of urea groups is 1. The number of morpholine rings is 1. The van der Waals surface area contributed by atoms with Crippen molar-refractivity contribution < 1.29 is 9.53 Å². The number of nitrogens with one attached hydrogen (secondary N) is 2. The van der Waals surface area contributed by atoms with E-state index >= 15 is 0 Å². The molecule has 2 N–H and O–H groups in total. The van der Waals surface area contributed by atoms with E-state index in [1.165, 1.54) is 0 Å². The van der Waals surface area contributed by atoms with Crippen LogP contribution in [0.4, 0.5) is 22.0 Å². The van der Waals surface area contributed by atoms with Gasteiger partial charge in [-0.3, -0.25) is 0 Å². The number of carbonyl (C=O) groups excluding carboxylic acids is 1. The summed E-state index contributed by atoms with van der Waals surface area (Å²) in [6, 6.07) is 17.0. The zero-order valence-electron chi connectivity index (χ0n) is 15.2. The van der Waals surface area contributed by atoms with E-state index in [9.17, 15) is 4.79 Å². The van der Waals surface area contributed by atoms with Crippen molar-refractivity contribution in [1.82, 2.24) is 4.98 Å². The lowest BCUT2D eigenvalue weighted by Crippen LogP contribution is -2.36. The van der Waals surface area contributed by atoms with Gasteiger partial charge in [-0.15, -0.1) is 0 Å². The first-order valence-electron chi connectivity index (χ1n) is 9.06. The third-order valence-corrected chi connectivity index (χ3v) is 4.63. The molecule has 0 radical (unpaired) electrons. The number of fused-ring (bicyclic) bond motifs is 1. The Morgan fingerprint density at radius 3 is 2.52 bits per heavy atom. The van der Waals surface area contributed by atoms with Gasteiger partial charge in [-0.2, -0.15) is 0 Å². The van der Waals surface area contributed by atoms with Crippen molar-refractivity contribution in [3.8, 4) is 0 Å². The van der Waals surface area contributed by atoms with E-state index in [1.807, 2.05) is 48.5 Å². The van der Waals surface area contributed by atoms with Crippen LogP contribution in [-0.2, 0) is 4.74 Å². The van der Waals surface area contributed by atoms with Gasteiger partial charge < -0.3 is 20.3 Å². The van der Waals surface area contributed by atoms with Gasteiger partial charge in [-0.05, 0) is 48.9 Å². The van der Waals surface area contributed by atoms with E-state index in [-0.39, 0.29) is 6.03 Å². The van der Waals surface area contributed by atoms with E-state index in [0.717, 1.165) is 60.0 Å². The molecule has 6 heteroatoms. The van der Waals surface area contributed by atoms with Crippen molar-refractivity contribution in [2.24, 2.45) is 0 Å². The quantitative estimate of drug-likeness (QED) is 0.738. The number of para-hydroxylation sites is 1. The number of pyridine rings is 1. The predicted octanol–water partition coefficient (Wildman–Crippen LogP) is 4.02. The molecule has 0 unspecified atom stereocenters. The number of aryl methyl sites for hydroxylation is 1. The number of aromatic nitrogens is 1. The molecule has 0 aliphatic carbocycles. The molecule has 1 saturated heterocycles. The number of benzene rings is 2. The van der Waals surface area contributed by atoms with Crippen LogP contribution in [0.5, 0.6) is 0 Å². The second kappa shape index (κ2) is 7.63. The van der Waals surface area contributed by atoms with Crippen LogP contribution < -0.4 is 15.5 Å². The Balaban J connectivity index is 1.53. The molecule has 2 heterocycles. The summed E-state index contributed by atoms with van der Waals surface area (Å²) in [5, 5.41) is 6.74. The highest BCUT2D eigenvalue weighted by atomic mass is 16.5. The number of ether oxygens (including phenoxy) is 1. The van der Waals surface area contributed by atoms with Crippen molar-refractivity contribution in [3.05, 3.63) is 60.2 Å². The molecule has 27 heavy (non-hydrogen) atoms. The third-order valence-electron chi connectivity index (χ3n) is 4.63. The van der Waals surface area contributed by atoms with Crippen LogP contribution in [0, 0.1) is 6.92 Å². The monoisotopic (exact) mass is 362 g/mol. The Morgan fingerprint density at radius 1 is 1.00 bits per heavy atom. The van der Waals surface area contributed by atoms with E-state index in [2.05, 4.69) is 28.5 Å². The number of hydrogen-bond acceptors (Lipinski definition) is 4. The van der Waals surface area contributed by atoms with Gasteiger partial charge in [-0.1, -0.05) is 18.2 Å². The molecule has 1 aliphatic rings. The summed E-state index contributed by atoms with van der Waals surface area (Å²) in [6.07, 6.45) is 0. The summed E-state index contributed by atoms with van der Waals surface area (Å²) in [5.74, 6) is 0.978. The summed E-state index contributed by atoms with van der Waals surface area (Å²) >= 11 is 0. The summed E-state index contributed by atoms with van der Waals surface area (Å²) < 4.78 is 5.42. The molecule has 4 rings (SSSR count). The van der Waals surface area contributed by atoms with Crippen LogP contribution in [-0.4, -0.2) is 37.3 Å². The molecule has 1 fully saturated rings. The molecule has 1 aliphatic heterocycles. The molecule has 0 spiro atoms. The van der Waals surface area contributed by atoms with Gasteiger partial charge in [0.1, 0.15) is 5.82 Å². The Labute approximate surface area is 158 Å². The molecule has 3 aromatic rings. The Morgan fingerprint density at radius 2 is 1.74 bits per heavy atom. The smallest absolute Gasteiger partial charge is 0.323 e. The lowest BCUT2D eigenvalue weighted by molar-refractivity contribution is 0.122. The van der Waals surface area contributed by atoms with Crippen molar-refractivity contribution in [2.75, 3.05) is 41.8 Å². The lowest BCUT2D eigenvalue weighted by Gasteiger charge is -2.28. The van der Waals surface area contributed by atoms with Gasteiger partial charge in [0.05, 0.1) is 18.7 Å². The summed E-state index contributed by atoms with van der Waals surface area (Å²) in [7, 11) is 0. The number of hydrogen-bond donors (Lipinski definition) is 2. The van der Waals surface area contributed by atoms with E-state index in [4.69, 9.17) is 9.72 Å². The summed E-state index contributed by atoms with van der Waals surface area (Å²) in [5.41, 5.74) is 3.54. The van der Waals surface area contributed by atoms with Crippen LogP contribution in [0.3, 0.4) is 0 Å². The van der Waals surface area contributed by atoms with E-state index < -0.39 is 0 Å². The molecule has 2 aromatic carbocycles. The number of amides is 2. The summed E-state index contributed by atoms with van der Waals surface area (Å²) in [4.78, 5) is 19.2. The third kappa shape index (κ3) is 4.01. The first kappa shape index (κ1) is 17.3. The largest absolute Gasteiger partial charge is 0.378 e. The maximum Gasteiger partial charge on any atom is 0.323 e. The average Bonchev–Trinajstić information content (AvgIpc) is 2.69. The van der Waals surface area contributed by atoms with Gasteiger partial charge in [0, 0.05) is 29.9 Å². The van der Waals surface area contributed by atoms with Gasteiger partial charge in [0.2, 0.25) is 0 Å². The SMILES string of the molecule is Cc1cc(N2CCOCC2)nc2ccc(NC(=O)Nc3ccccc3)cc12. The zero-order valence-corrected chi connectivity index (χ0v) is 15.2. The van der Waals surface area contributed by atoms with Gasteiger partial charge >= 0.3 is 6.03 Å². The van der Waals surface area contributed by atoms with Gasteiger partial charge in [0.15, 0.2) is 0 Å². The molecule has 0 atom stereocenters. The van der Waals surface area contributed by atoms with Crippen molar-refractivity contribution in [3.63, 3.8) is 0 Å². The molecular formula is C21H22N4O2. The van der Waals surface area contributed by atoms with Crippen LogP contribution in [0.2, 0.25) is 0 Å². The van der Waals surface area contributed by atoms with Crippen molar-refractivity contribution >= 4 is 34.1 Å². The standard InChI is InChI=1S/C21H22N4O2/c1-15-13-20(25-9-11-27-12-10-25)24-19-8-7-17(14-18(15)19)23-21(26)22-16-5-3-2-4-6-16/h2-8,13-14H,9-12H2,1H3,(H2,22,23,26). The van der Waals surface area contributed by atoms with Gasteiger partial charge in [-0.25, -0.2) is 9.78 Å². The van der Waals surface area contributed by atoms with E-state index in [0.29, 0.717) is 0 Å². The molecule has 1 aromatic heterocycles. The highest BCUT2D eigenvalue weighted by Gasteiger charge is 2.14. The minimum absolute atomic E-state index is 0.268. The van der Waals surface area contributed by atoms with Gasteiger partial charge in [0.25, 0.3) is 0 Å². The minimum atomic E-state index is -0.268. The Kier molecular flexibility index (Phi) is 4.89. The first-order valence-corrected chi connectivity index (χ1v) is 9.06. The van der Waals surface area contributed by atoms with Crippen LogP contribution in [0.1, 0.15) is 5.56 Å². The number of anilines is 3. The fourth-order valence-corrected chi connectivity index (χ4v) is 3.22. The predicted molar refractivity (Wildman–Crippen MR) is 109 cm³/mol. The minimum Gasteiger partial charge on any atom is -0.378 e. The summed E-state index contributed by atoms with van der Waals surface area (Å²) in [6.45, 7) is 5.26. The molecule has 138 valence electrons. The van der Waals surface area contributed by atoms with Crippen LogP contribution in [0.25, 0.3) is 10.9 Å². The Bertz CT molecular complexity index is 953. The maximum absolute atomic E-state index is 12.2. The number of nitrogens with zero attached hydrogens (tertiary/aromatic N) is 2.